The summed E-state index contributed by atoms with van der Waals surface area (Å²) in [6.45, 7) is 0.707. The van der Waals surface area contributed by atoms with Crippen LogP contribution in [0.25, 0.3) is 0 Å². The molecule has 1 aromatic carbocycles. The number of nitrogens with one attached hydrogen (secondary N) is 1. The Kier molecular flexibility index (Phi) is 6.92. The van der Waals surface area contributed by atoms with Gasteiger partial charge in [-0.25, -0.2) is 8.42 Å². The van der Waals surface area contributed by atoms with Gasteiger partial charge in [0.15, 0.2) is 0 Å². The fourth-order valence-electron chi connectivity index (χ4n) is 2.17. The molecule has 25 heavy (non-hydrogen) atoms. The van der Waals surface area contributed by atoms with E-state index in [1.807, 2.05) is 12.1 Å². The quantitative estimate of drug-likeness (QED) is 0.760. The Hall–Kier alpha value is -1.96. The van der Waals surface area contributed by atoms with Crippen LogP contribution in [-0.4, -0.2) is 36.4 Å². The number of pyridine rings is 1. The molecule has 0 aliphatic rings. The maximum Gasteiger partial charge on any atom is 0.221 e. The van der Waals surface area contributed by atoms with Gasteiger partial charge in [0.1, 0.15) is 0 Å². The second-order valence-electron chi connectivity index (χ2n) is 5.61. The maximum atomic E-state index is 12.0. The smallest absolute Gasteiger partial charge is 0.221 e. The Bertz CT molecular complexity index is 796. The average molecular weight is 382 g/mol. The number of rotatable bonds is 8. The van der Waals surface area contributed by atoms with Gasteiger partial charge in [0.05, 0.1) is 6.26 Å². The van der Waals surface area contributed by atoms with Crippen LogP contribution in [0.15, 0.2) is 48.8 Å². The molecule has 0 aliphatic carbocycles. The number of hydrogen-bond donors (Lipinski definition) is 1. The third kappa shape index (κ3) is 6.81. The first-order chi connectivity index (χ1) is 11.8. The number of nitrogens with zero attached hydrogens (tertiary/aromatic N) is 2. The highest BCUT2D eigenvalue weighted by Gasteiger charge is 2.18. The average Bonchev–Trinajstić information content (AvgIpc) is 2.58. The Morgan fingerprint density at radius 1 is 1.12 bits per heavy atom. The number of carbonyl (C=O) groups excluding carboxylic acids is 1. The number of halogens is 1. The van der Waals surface area contributed by atoms with Crippen LogP contribution in [0.5, 0.6) is 0 Å². The highest BCUT2D eigenvalue weighted by molar-refractivity contribution is 7.88. The molecule has 1 amide bonds. The second kappa shape index (κ2) is 8.94. The van der Waals surface area contributed by atoms with Gasteiger partial charge >= 0.3 is 0 Å². The van der Waals surface area contributed by atoms with E-state index in [2.05, 4.69) is 10.3 Å². The molecule has 2 rings (SSSR count). The lowest BCUT2D eigenvalue weighted by molar-refractivity contribution is -0.121. The zero-order chi connectivity index (χ0) is 18.3. The minimum Gasteiger partial charge on any atom is -0.352 e. The monoisotopic (exact) mass is 381 g/mol. The van der Waals surface area contributed by atoms with Crippen molar-refractivity contribution in [3.05, 3.63) is 64.9 Å². The summed E-state index contributed by atoms with van der Waals surface area (Å²) in [5.41, 5.74) is 1.75. The van der Waals surface area contributed by atoms with Gasteiger partial charge in [-0.15, -0.1) is 0 Å². The largest absolute Gasteiger partial charge is 0.352 e. The predicted octanol–water partition coefficient (Wildman–Crippen LogP) is 2.20. The predicted molar refractivity (Wildman–Crippen MR) is 97.4 cm³/mol. The lowest BCUT2D eigenvalue weighted by atomic mass is 10.2. The van der Waals surface area contributed by atoms with Crippen LogP contribution in [0.2, 0.25) is 5.02 Å². The number of carbonyl (C=O) groups is 1. The molecule has 0 atom stereocenters. The van der Waals surface area contributed by atoms with Gasteiger partial charge in [0.25, 0.3) is 0 Å². The van der Waals surface area contributed by atoms with Crippen LogP contribution in [0.3, 0.4) is 0 Å². The summed E-state index contributed by atoms with van der Waals surface area (Å²) < 4.78 is 25.1. The van der Waals surface area contributed by atoms with Crippen LogP contribution < -0.4 is 5.32 Å². The van der Waals surface area contributed by atoms with Gasteiger partial charge in [0, 0.05) is 43.5 Å². The summed E-state index contributed by atoms with van der Waals surface area (Å²) in [5.74, 6) is -0.210. The third-order valence-electron chi connectivity index (χ3n) is 3.57. The van der Waals surface area contributed by atoms with E-state index in [4.69, 9.17) is 11.6 Å². The molecule has 134 valence electrons. The minimum absolute atomic E-state index is 0.0890. The Labute approximate surface area is 152 Å². The molecule has 0 bridgehead atoms. The maximum absolute atomic E-state index is 12.0. The third-order valence-corrected chi connectivity index (χ3v) is 5.07. The van der Waals surface area contributed by atoms with Crippen molar-refractivity contribution in [2.24, 2.45) is 0 Å². The van der Waals surface area contributed by atoms with Crippen molar-refractivity contribution in [1.82, 2.24) is 14.6 Å². The van der Waals surface area contributed by atoms with Gasteiger partial charge < -0.3 is 5.32 Å². The summed E-state index contributed by atoms with van der Waals surface area (Å²) in [4.78, 5) is 15.9. The first-order valence-corrected chi connectivity index (χ1v) is 9.92. The van der Waals surface area contributed by atoms with E-state index in [0.29, 0.717) is 11.6 Å². The van der Waals surface area contributed by atoms with E-state index in [0.717, 1.165) is 17.4 Å². The van der Waals surface area contributed by atoms with Crippen molar-refractivity contribution in [2.75, 3.05) is 12.8 Å². The molecule has 0 fully saturated rings. The molecule has 2 aromatic rings. The normalized spacial score (nSPS) is 11.5. The van der Waals surface area contributed by atoms with E-state index in [-0.39, 0.29) is 25.4 Å². The highest BCUT2D eigenvalue weighted by atomic mass is 35.5. The van der Waals surface area contributed by atoms with Crippen molar-refractivity contribution in [2.45, 2.75) is 19.5 Å². The molecule has 0 radical (unpaired) electrons. The van der Waals surface area contributed by atoms with Gasteiger partial charge in [-0.3, -0.25) is 9.78 Å². The molecule has 0 spiro atoms. The van der Waals surface area contributed by atoms with Crippen molar-refractivity contribution in [3.8, 4) is 0 Å². The van der Waals surface area contributed by atoms with Crippen molar-refractivity contribution in [3.63, 3.8) is 0 Å². The number of aromatic nitrogens is 1. The van der Waals surface area contributed by atoms with Crippen LogP contribution in [-0.2, 0) is 27.9 Å². The molecule has 0 aliphatic heterocycles. The number of benzene rings is 1. The number of amides is 1. The standard InChI is InChI=1S/C17H20ClN3O3S/c1-25(23,24)21(13-15-6-9-19-10-7-15)11-8-17(22)20-12-14-2-4-16(18)5-3-14/h2-7,9-10H,8,11-13H2,1H3,(H,20,22). The Morgan fingerprint density at radius 3 is 2.36 bits per heavy atom. The summed E-state index contributed by atoms with van der Waals surface area (Å²) in [7, 11) is -3.41. The molecule has 1 N–H and O–H groups in total. The van der Waals surface area contributed by atoms with Crippen LogP contribution in [0.4, 0.5) is 0 Å². The molecule has 1 aromatic heterocycles. The van der Waals surface area contributed by atoms with E-state index < -0.39 is 10.0 Å². The van der Waals surface area contributed by atoms with Gasteiger partial charge in [-0.1, -0.05) is 23.7 Å². The second-order valence-corrected chi connectivity index (χ2v) is 8.02. The first-order valence-electron chi connectivity index (χ1n) is 7.70. The lowest BCUT2D eigenvalue weighted by Crippen LogP contribution is -2.34. The van der Waals surface area contributed by atoms with Gasteiger partial charge in [0.2, 0.25) is 15.9 Å². The summed E-state index contributed by atoms with van der Waals surface area (Å²) >= 11 is 5.81. The van der Waals surface area contributed by atoms with Crippen molar-refractivity contribution in [1.29, 1.82) is 0 Å². The fraction of sp³-hybridized carbons (Fsp3) is 0.294. The topological polar surface area (TPSA) is 79.4 Å². The van der Waals surface area contributed by atoms with Gasteiger partial charge in [-0.05, 0) is 35.4 Å². The van der Waals surface area contributed by atoms with Gasteiger partial charge in [-0.2, -0.15) is 4.31 Å². The molecule has 6 nitrogen and oxygen atoms in total. The van der Waals surface area contributed by atoms with E-state index in [1.165, 1.54) is 4.31 Å². The molecule has 0 saturated heterocycles. The molecule has 1 heterocycles. The summed E-state index contributed by atoms with van der Waals surface area (Å²) in [5, 5.41) is 3.41. The summed E-state index contributed by atoms with van der Waals surface area (Å²) in [6, 6.07) is 10.7. The van der Waals surface area contributed by atoms with Crippen LogP contribution >= 0.6 is 11.6 Å². The number of sulfonamides is 1. The highest BCUT2D eigenvalue weighted by Crippen LogP contribution is 2.10. The van der Waals surface area contributed by atoms with E-state index in [1.54, 1.807) is 36.7 Å². The Balaban J connectivity index is 1.87. The lowest BCUT2D eigenvalue weighted by Gasteiger charge is -2.19. The molecule has 8 heteroatoms. The molecular formula is C17H20ClN3O3S. The minimum atomic E-state index is -3.41. The SMILES string of the molecule is CS(=O)(=O)N(CCC(=O)NCc1ccc(Cl)cc1)Cc1ccncc1. The van der Waals surface area contributed by atoms with E-state index in [9.17, 15) is 13.2 Å². The van der Waals surface area contributed by atoms with Crippen molar-refractivity contribution < 1.29 is 13.2 Å². The van der Waals surface area contributed by atoms with Crippen molar-refractivity contribution >= 4 is 27.5 Å². The van der Waals surface area contributed by atoms with Crippen LogP contribution in [0, 0.1) is 0 Å². The zero-order valence-corrected chi connectivity index (χ0v) is 15.4. The fourth-order valence-corrected chi connectivity index (χ4v) is 3.10. The molecule has 0 unspecified atom stereocenters. The van der Waals surface area contributed by atoms with E-state index >= 15 is 0 Å². The first kappa shape index (κ1) is 19.4. The molecular weight excluding hydrogens is 362 g/mol. The van der Waals surface area contributed by atoms with Crippen LogP contribution in [0.1, 0.15) is 17.5 Å². The number of hydrogen-bond acceptors (Lipinski definition) is 4. The molecule has 0 saturated carbocycles. The summed E-state index contributed by atoms with van der Waals surface area (Å²) in [6.07, 6.45) is 4.44. The zero-order valence-electron chi connectivity index (χ0n) is 13.9. The Morgan fingerprint density at radius 2 is 1.76 bits per heavy atom.